The van der Waals surface area contributed by atoms with Gasteiger partial charge in [0.1, 0.15) is 0 Å². The molecule has 1 saturated carbocycles. The van der Waals surface area contributed by atoms with E-state index in [9.17, 15) is 14.4 Å². The maximum absolute atomic E-state index is 12.8. The van der Waals surface area contributed by atoms with E-state index in [0.29, 0.717) is 17.7 Å². The number of nitrogens with zero attached hydrogens (tertiary/aromatic N) is 1. The highest BCUT2D eigenvalue weighted by atomic mass is 16.5. The molecular formula is C21H19NO5. The highest BCUT2D eigenvalue weighted by Crippen LogP contribution is 2.44. The van der Waals surface area contributed by atoms with Gasteiger partial charge in [-0.15, -0.1) is 0 Å². The fraction of sp³-hybridized carbons (Fsp3) is 0.286. The zero-order valence-corrected chi connectivity index (χ0v) is 14.9. The molecule has 2 aliphatic rings. The van der Waals surface area contributed by atoms with Gasteiger partial charge in [0.05, 0.1) is 30.9 Å². The Morgan fingerprint density at radius 1 is 1.00 bits per heavy atom. The lowest BCUT2D eigenvalue weighted by Crippen LogP contribution is -2.66. The molecule has 0 aromatic heterocycles. The topological polar surface area (TPSA) is 72.9 Å². The molecule has 0 radical (unpaired) electrons. The van der Waals surface area contributed by atoms with E-state index in [1.807, 2.05) is 30.3 Å². The van der Waals surface area contributed by atoms with Crippen molar-refractivity contribution >= 4 is 17.8 Å². The number of hydrogen-bond donors (Lipinski definition) is 0. The zero-order valence-electron chi connectivity index (χ0n) is 14.9. The first-order chi connectivity index (χ1) is 13.1. The van der Waals surface area contributed by atoms with Crippen molar-refractivity contribution in [2.45, 2.75) is 31.1 Å². The second-order valence-corrected chi connectivity index (χ2v) is 6.84. The molecule has 1 fully saturated rings. The summed E-state index contributed by atoms with van der Waals surface area (Å²) in [6.45, 7) is 0.408. The van der Waals surface area contributed by atoms with E-state index < -0.39 is 23.3 Å². The lowest BCUT2D eigenvalue weighted by Gasteiger charge is -2.48. The van der Waals surface area contributed by atoms with E-state index in [4.69, 9.17) is 9.47 Å². The van der Waals surface area contributed by atoms with Crippen molar-refractivity contribution in [2.24, 2.45) is 0 Å². The highest BCUT2D eigenvalue weighted by Gasteiger charge is 2.61. The quantitative estimate of drug-likeness (QED) is 0.601. The number of methoxy groups -OCH3 is 1. The molecule has 6 heteroatoms. The minimum absolute atomic E-state index is 0.228. The van der Waals surface area contributed by atoms with E-state index >= 15 is 0 Å². The van der Waals surface area contributed by atoms with Gasteiger partial charge in [-0.2, -0.15) is 0 Å². The van der Waals surface area contributed by atoms with E-state index in [2.05, 4.69) is 0 Å². The number of ether oxygens (including phenoxy) is 2. The summed E-state index contributed by atoms with van der Waals surface area (Å²) >= 11 is 0. The van der Waals surface area contributed by atoms with Gasteiger partial charge in [0.15, 0.2) is 5.54 Å². The summed E-state index contributed by atoms with van der Waals surface area (Å²) in [6, 6.07) is 16.3. The number of imide groups is 1. The van der Waals surface area contributed by atoms with E-state index in [0.717, 1.165) is 10.5 Å². The van der Waals surface area contributed by atoms with Crippen LogP contribution in [0.25, 0.3) is 0 Å². The van der Waals surface area contributed by atoms with Crippen molar-refractivity contribution < 1.29 is 23.9 Å². The number of esters is 1. The van der Waals surface area contributed by atoms with Crippen molar-refractivity contribution in [1.82, 2.24) is 4.90 Å². The molecule has 2 aromatic rings. The maximum atomic E-state index is 12.8. The second kappa shape index (κ2) is 6.63. The Hall–Kier alpha value is -2.99. The summed E-state index contributed by atoms with van der Waals surface area (Å²) in [5, 5.41) is 0. The van der Waals surface area contributed by atoms with Gasteiger partial charge in [0, 0.05) is 12.8 Å². The fourth-order valence-electron chi connectivity index (χ4n) is 3.81. The van der Waals surface area contributed by atoms with Crippen LogP contribution in [-0.4, -0.2) is 41.4 Å². The van der Waals surface area contributed by atoms with Crippen molar-refractivity contribution in [3.05, 3.63) is 71.3 Å². The largest absolute Gasteiger partial charge is 0.467 e. The zero-order chi connectivity index (χ0) is 19.0. The third kappa shape index (κ3) is 2.73. The van der Waals surface area contributed by atoms with Crippen molar-refractivity contribution in [3.8, 4) is 0 Å². The van der Waals surface area contributed by atoms with Crippen molar-refractivity contribution in [2.75, 3.05) is 7.11 Å². The molecule has 2 amide bonds. The van der Waals surface area contributed by atoms with Crippen molar-refractivity contribution in [1.29, 1.82) is 0 Å². The third-order valence-electron chi connectivity index (χ3n) is 5.25. The Morgan fingerprint density at radius 2 is 1.56 bits per heavy atom. The summed E-state index contributed by atoms with van der Waals surface area (Å²) in [7, 11) is 1.26. The molecule has 6 nitrogen and oxygen atoms in total. The smallest absolute Gasteiger partial charge is 0.332 e. The lowest BCUT2D eigenvalue weighted by atomic mass is 9.72. The Kier molecular flexibility index (Phi) is 4.28. The standard InChI is InChI=1S/C21H19NO5/c1-26-20(25)21(11-15(12-21)27-13-14-7-3-2-4-8-14)22-18(23)16-9-5-6-10-17(16)19(22)24/h2-10,15H,11-13H2,1H3. The molecule has 0 atom stereocenters. The van der Waals surface area contributed by atoms with Gasteiger partial charge in [-0.25, -0.2) is 4.79 Å². The molecule has 1 aliphatic heterocycles. The van der Waals surface area contributed by atoms with E-state index in [1.54, 1.807) is 24.3 Å². The molecular weight excluding hydrogens is 346 g/mol. The number of fused-ring (bicyclic) bond motifs is 1. The molecule has 4 rings (SSSR count). The predicted molar refractivity (Wildman–Crippen MR) is 95.9 cm³/mol. The van der Waals surface area contributed by atoms with Crippen molar-refractivity contribution in [3.63, 3.8) is 0 Å². The minimum Gasteiger partial charge on any atom is -0.467 e. The van der Waals surface area contributed by atoms with Crippen LogP contribution in [0.4, 0.5) is 0 Å². The summed E-state index contributed by atoms with van der Waals surface area (Å²) < 4.78 is 10.8. The molecule has 2 aromatic carbocycles. The molecule has 0 unspecified atom stereocenters. The van der Waals surface area contributed by atoms with Gasteiger partial charge in [0.2, 0.25) is 0 Å². The van der Waals surface area contributed by atoms with Crippen LogP contribution in [0.3, 0.4) is 0 Å². The highest BCUT2D eigenvalue weighted by molar-refractivity contribution is 6.23. The van der Waals surface area contributed by atoms with Crippen LogP contribution in [0.1, 0.15) is 39.1 Å². The minimum atomic E-state index is -1.30. The Bertz CT molecular complexity index is 867. The van der Waals surface area contributed by atoms with Gasteiger partial charge in [-0.1, -0.05) is 42.5 Å². The molecule has 1 aliphatic carbocycles. The number of benzene rings is 2. The molecule has 1 heterocycles. The summed E-state index contributed by atoms with van der Waals surface area (Å²) in [6.07, 6.45) is 0.240. The third-order valence-corrected chi connectivity index (χ3v) is 5.25. The van der Waals surface area contributed by atoms with Crippen LogP contribution in [0.5, 0.6) is 0 Å². The van der Waals surface area contributed by atoms with Crippen LogP contribution in [0.15, 0.2) is 54.6 Å². The average molecular weight is 365 g/mol. The number of rotatable bonds is 5. The number of carbonyl (C=O) groups excluding carboxylic acids is 3. The maximum Gasteiger partial charge on any atom is 0.332 e. The molecule has 0 N–H and O–H groups in total. The summed E-state index contributed by atoms with van der Waals surface area (Å²) in [5.74, 6) is -1.50. The summed E-state index contributed by atoms with van der Waals surface area (Å²) in [5.41, 5.74) is 0.358. The monoisotopic (exact) mass is 365 g/mol. The van der Waals surface area contributed by atoms with Crippen LogP contribution in [-0.2, 0) is 20.9 Å². The first-order valence-electron chi connectivity index (χ1n) is 8.79. The Labute approximate surface area is 156 Å². The van der Waals surface area contributed by atoms with Gasteiger partial charge in [0.25, 0.3) is 11.8 Å². The van der Waals surface area contributed by atoms with Gasteiger partial charge in [-0.05, 0) is 17.7 Å². The normalized spacial score (nSPS) is 23.7. The molecule has 0 saturated heterocycles. The van der Waals surface area contributed by atoms with E-state index in [1.165, 1.54) is 7.11 Å². The lowest BCUT2D eigenvalue weighted by molar-refractivity contribution is -0.170. The molecule has 0 bridgehead atoms. The Balaban J connectivity index is 1.53. The number of carbonyl (C=O) groups is 3. The van der Waals surface area contributed by atoms with Crippen LogP contribution in [0, 0.1) is 0 Å². The first kappa shape index (κ1) is 17.4. The SMILES string of the molecule is COC(=O)C1(N2C(=O)c3ccccc3C2=O)CC(OCc2ccccc2)C1. The average Bonchev–Trinajstić information content (AvgIpc) is 2.93. The first-order valence-corrected chi connectivity index (χ1v) is 8.79. The summed E-state index contributed by atoms with van der Waals surface area (Å²) in [4.78, 5) is 39.2. The number of hydrogen-bond acceptors (Lipinski definition) is 5. The van der Waals surface area contributed by atoms with E-state index in [-0.39, 0.29) is 18.9 Å². The second-order valence-electron chi connectivity index (χ2n) is 6.84. The van der Waals surface area contributed by atoms with Crippen LogP contribution < -0.4 is 0 Å². The van der Waals surface area contributed by atoms with Gasteiger partial charge in [-0.3, -0.25) is 14.5 Å². The molecule has 27 heavy (non-hydrogen) atoms. The molecule has 138 valence electrons. The number of amides is 2. The predicted octanol–water partition coefficient (Wildman–Crippen LogP) is 2.57. The molecule has 0 spiro atoms. The van der Waals surface area contributed by atoms with Crippen LogP contribution in [0.2, 0.25) is 0 Å². The fourth-order valence-corrected chi connectivity index (χ4v) is 3.81. The van der Waals surface area contributed by atoms with Crippen LogP contribution >= 0.6 is 0 Å². The van der Waals surface area contributed by atoms with Gasteiger partial charge < -0.3 is 9.47 Å². The Morgan fingerprint density at radius 3 is 2.11 bits per heavy atom. The van der Waals surface area contributed by atoms with Gasteiger partial charge >= 0.3 is 5.97 Å².